The SMILES string of the molecule is CN(C)c1ncc(CN2C[C@@H](CN)[C@H](c3ccccc3)C2)s1. The fourth-order valence-electron chi connectivity index (χ4n) is 3.20. The van der Waals surface area contributed by atoms with Crippen molar-refractivity contribution in [2.75, 3.05) is 38.6 Å². The predicted octanol–water partition coefficient (Wildman–Crippen LogP) is 2.38. The van der Waals surface area contributed by atoms with Crippen molar-refractivity contribution in [2.45, 2.75) is 12.5 Å². The van der Waals surface area contributed by atoms with Crippen LogP contribution in [0.15, 0.2) is 36.5 Å². The number of thiazole rings is 1. The van der Waals surface area contributed by atoms with Crippen molar-refractivity contribution in [3.8, 4) is 0 Å². The molecule has 1 aromatic carbocycles. The van der Waals surface area contributed by atoms with Gasteiger partial charge in [-0.3, -0.25) is 4.90 Å². The average Bonchev–Trinajstić information content (AvgIpc) is 3.15. The van der Waals surface area contributed by atoms with Crippen LogP contribution in [-0.4, -0.2) is 43.6 Å². The maximum absolute atomic E-state index is 6.02. The lowest BCUT2D eigenvalue weighted by Crippen LogP contribution is -2.22. The Balaban J connectivity index is 1.68. The van der Waals surface area contributed by atoms with Crippen molar-refractivity contribution in [3.05, 3.63) is 47.0 Å². The van der Waals surface area contributed by atoms with Gasteiger partial charge in [0.05, 0.1) is 0 Å². The second-order valence-corrected chi connectivity index (χ2v) is 7.30. The van der Waals surface area contributed by atoms with Crippen LogP contribution in [0.3, 0.4) is 0 Å². The van der Waals surface area contributed by atoms with E-state index in [1.54, 1.807) is 11.3 Å². The lowest BCUT2D eigenvalue weighted by atomic mass is 9.89. The molecule has 0 saturated carbocycles. The summed E-state index contributed by atoms with van der Waals surface area (Å²) < 4.78 is 0. The van der Waals surface area contributed by atoms with Crippen molar-refractivity contribution in [1.82, 2.24) is 9.88 Å². The highest BCUT2D eigenvalue weighted by molar-refractivity contribution is 7.15. The highest BCUT2D eigenvalue weighted by Gasteiger charge is 2.32. The Labute approximate surface area is 136 Å². The van der Waals surface area contributed by atoms with Crippen LogP contribution in [0.1, 0.15) is 16.4 Å². The van der Waals surface area contributed by atoms with Gasteiger partial charge in [-0.1, -0.05) is 30.3 Å². The minimum Gasteiger partial charge on any atom is -0.354 e. The molecule has 2 aromatic rings. The van der Waals surface area contributed by atoms with Crippen LogP contribution in [0.4, 0.5) is 5.13 Å². The number of likely N-dealkylation sites (tertiary alicyclic amines) is 1. The molecule has 0 aliphatic carbocycles. The molecular weight excluding hydrogens is 292 g/mol. The minimum absolute atomic E-state index is 0.545. The summed E-state index contributed by atoms with van der Waals surface area (Å²) >= 11 is 1.78. The molecule has 1 aliphatic rings. The van der Waals surface area contributed by atoms with E-state index < -0.39 is 0 Å². The van der Waals surface area contributed by atoms with E-state index in [0.29, 0.717) is 11.8 Å². The molecule has 2 atom stereocenters. The van der Waals surface area contributed by atoms with E-state index in [1.807, 2.05) is 20.3 Å². The first-order valence-electron chi connectivity index (χ1n) is 7.76. The van der Waals surface area contributed by atoms with Gasteiger partial charge in [0, 0.05) is 50.7 Å². The lowest BCUT2D eigenvalue weighted by Gasteiger charge is -2.16. The standard InChI is InChI=1S/C17H24N4S/c1-20(2)17-19-9-15(22-17)11-21-10-14(8-18)16(12-21)13-6-4-3-5-7-13/h3-7,9,14,16H,8,10-12,18H2,1-2H3/t14-,16+/m1/s1. The molecule has 2 heterocycles. The normalized spacial score (nSPS) is 22.1. The molecule has 1 aliphatic heterocycles. The number of hydrogen-bond donors (Lipinski definition) is 1. The molecule has 5 heteroatoms. The number of benzene rings is 1. The van der Waals surface area contributed by atoms with E-state index >= 15 is 0 Å². The Morgan fingerprint density at radius 3 is 2.68 bits per heavy atom. The summed E-state index contributed by atoms with van der Waals surface area (Å²) in [4.78, 5) is 10.4. The van der Waals surface area contributed by atoms with Crippen molar-refractivity contribution in [1.29, 1.82) is 0 Å². The topological polar surface area (TPSA) is 45.4 Å². The third-order valence-electron chi connectivity index (χ3n) is 4.35. The third-order valence-corrected chi connectivity index (χ3v) is 5.50. The van der Waals surface area contributed by atoms with Gasteiger partial charge in [0.2, 0.25) is 0 Å². The van der Waals surface area contributed by atoms with Gasteiger partial charge >= 0.3 is 0 Å². The van der Waals surface area contributed by atoms with Crippen molar-refractivity contribution >= 4 is 16.5 Å². The number of aromatic nitrogens is 1. The number of rotatable bonds is 5. The van der Waals surface area contributed by atoms with Crippen molar-refractivity contribution in [3.63, 3.8) is 0 Å². The molecule has 1 saturated heterocycles. The zero-order valence-electron chi connectivity index (χ0n) is 13.3. The van der Waals surface area contributed by atoms with Crippen LogP contribution in [-0.2, 0) is 6.54 Å². The second-order valence-electron chi connectivity index (χ2n) is 6.21. The maximum Gasteiger partial charge on any atom is 0.185 e. The Morgan fingerprint density at radius 1 is 1.27 bits per heavy atom. The molecule has 3 rings (SSSR count). The molecule has 22 heavy (non-hydrogen) atoms. The Kier molecular flexibility index (Phi) is 4.76. The summed E-state index contributed by atoms with van der Waals surface area (Å²) in [7, 11) is 4.07. The third kappa shape index (κ3) is 3.32. The molecule has 1 aromatic heterocycles. The Morgan fingerprint density at radius 2 is 2.05 bits per heavy atom. The molecule has 1 fully saturated rings. The van der Waals surface area contributed by atoms with E-state index in [1.165, 1.54) is 10.4 Å². The van der Waals surface area contributed by atoms with Gasteiger partial charge in [0.15, 0.2) is 5.13 Å². The van der Waals surface area contributed by atoms with Gasteiger partial charge < -0.3 is 10.6 Å². The average molecular weight is 316 g/mol. The smallest absolute Gasteiger partial charge is 0.185 e. The van der Waals surface area contributed by atoms with E-state index in [2.05, 4.69) is 45.1 Å². The highest BCUT2D eigenvalue weighted by Crippen LogP contribution is 2.33. The minimum atomic E-state index is 0.545. The fraction of sp³-hybridized carbons (Fsp3) is 0.471. The predicted molar refractivity (Wildman–Crippen MR) is 93.4 cm³/mol. The summed E-state index contributed by atoms with van der Waals surface area (Å²) in [6.45, 7) is 3.89. The molecule has 0 amide bonds. The van der Waals surface area contributed by atoms with Gasteiger partial charge in [0.25, 0.3) is 0 Å². The molecule has 4 nitrogen and oxygen atoms in total. The zero-order chi connectivity index (χ0) is 15.5. The lowest BCUT2D eigenvalue weighted by molar-refractivity contribution is 0.319. The maximum atomic E-state index is 6.02. The van der Waals surface area contributed by atoms with Crippen LogP contribution < -0.4 is 10.6 Å². The molecule has 0 unspecified atom stereocenters. The van der Waals surface area contributed by atoms with Crippen LogP contribution in [0.5, 0.6) is 0 Å². The van der Waals surface area contributed by atoms with Crippen LogP contribution in [0.2, 0.25) is 0 Å². The van der Waals surface area contributed by atoms with E-state index in [9.17, 15) is 0 Å². The number of hydrogen-bond acceptors (Lipinski definition) is 5. The summed E-state index contributed by atoms with van der Waals surface area (Å²) in [6, 6.07) is 10.8. The molecular formula is C17H24N4S. The van der Waals surface area contributed by atoms with Crippen LogP contribution in [0, 0.1) is 5.92 Å². The molecule has 2 N–H and O–H groups in total. The van der Waals surface area contributed by atoms with E-state index in [0.717, 1.165) is 31.3 Å². The molecule has 0 radical (unpaired) electrons. The van der Waals surface area contributed by atoms with Gasteiger partial charge in [-0.25, -0.2) is 4.98 Å². The molecule has 0 bridgehead atoms. The summed E-state index contributed by atoms with van der Waals surface area (Å²) in [6.07, 6.45) is 2.01. The fourth-order valence-corrected chi connectivity index (χ4v) is 4.08. The molecule has 0 spiro atoms. The van der Waals surface area contributed by atoms with Gasteiger partial charge in [-0.05, 0) is 18.0 Å². The summed E-state index contributed by atoms with van der Waals surface area (Å²) in [5.74, 6) is 1.09. The van der Waals surface area contributed by atoms with E-state index in [-0.39, 0.29) is 0 Å². The largest absolute Gasteiger partial charge is 0.354 e. The number of nitrogens with two attached hydrogens (primary N) is 1. The molecule has 118 valence electrons. The monoisotopic (exact) mass is 316 g/mol. The van der Waals surface area contributed by atoms with E-state index in [4.69, 9.17) is 5.73 Å². The van der Waals surface area contributed by atoms with Crippen LogP contribution in [0.25, 0.3) is 0 Å². The summed E-state index contributed by atoms with van der Waals surface area (Å²) in [5.41, 5.74) is 7.43. The van der Waals surface area contributed by atoms with Crippen molar-refractivity contribution < 1.29 is 0 Å². The van der Waals surface area contributed by atoms with Gasteiger partial charge in [-0.15, -0.1) is 11.3 Å². The first kappa shape index (κ1) is 15.5. The highest BCUT2D eigenvalue weighted by atomic mass is 32.1. The number of nitrogens with zero attached hydrogens (tertiary/aromatic N) is 3. The Hall–Kier alpha value is -1.43. The first-order valence-corrected chi connectivity index (χ1v) is 8.58. The van der Waals surface area contributed by atoms with Crippen LogP contribution >= 0.6 is 11.3 Å². The van der Waals surface area contributed by atoms with Crippen molar-refractivity contribution in [2.24, 2.45) is 11.7 Å². The van der Waals surface area contributed by atoms with Gasteiger partial charge in [-0.2, -0.15) is 0 Å². The van der Waals surface area contributed by atoms with Gasteiger partial charge in [0.1, 0.15) is 0 Å². The second kappa shape index (κ2) is 6.77. The summed E-state index contributed by atoms with van der Waals surface area (Å²) in [5, 5.41) is 1.07. The number of anilines is 1. The quantitative estimate of drug-likeness (QED) is 0.920. The Bertz CT molecular complexity index is 596. The first-order chi connectivity index (χ1) is 10.7. The zero-order valence-corrected chi connectivity index (χ0v) is 14.1.